The lowest BCUT2D eigenvalue weighted by Crippen LogP contribution is -2.27. The van der Waals surface area contributed by atoms with Gasteiger partial charge in [0.1, 0.15) is 12.2 Å². The van der Waals surface area contributed by atoms with Gasteiger partial charge in [0.15, 0.2) is 0 Å². The lowest BCUT2D eigenvalue weighted by Gasteiger charge is -2.19. The molecule has 0 aliphatic carbocycles. The van der Waals surface area contributed by atoms with Crippen LogP contribution in [0.3, 0.4) is 0 Å². The van der Waals surface area contributed by atoms with Gasteiger partial charge in [0.25, 0.3) is 0 Å². The maximum atomic E-state index is 12.1. The Hall–Kier alpha value is -3.33. The van der Waals surface area contributed by atoms with E-state index >= 15 is 0 Å². The molecule has 134 valence electrons. The lowest BCUT2D eigenvalue weighted by atomic mass is 10.1. The molecule has 2 rings (SSSR count). The summed E-state index contributed by atoms with van der Waals surface area (Å²) >= 11 is 0. The molecule has 1 N–H and O–H groups in total. The minimum absolute atomic E-state index is 0.114. The number of amides is 1. The van der Waals surface area contributed by atoms with Crippen LogP contribution in [0.25, 0.3) is 0 Å². The van der Waals surface area contributed by atoms with Gasteiger partial charge in [0.05, 0.1) is 17.2 Å². The molecule has 0 atom stereocenters. The van der Waals surface area contributed by atoms with Crippen LogP contribution in [0.5, 0.6) is 0 Å². The fraction of sp³-hybridized carbons (Fsp3) is 0.250. The van der Waals surface area contributed by atoms with E-state index in [9.17, 15) is 9.59 Å². The van der Waals surface area contributed by atoms with Gasteiger partial charge in [-0.15, -0.1) is 0 Å². The molecule has 0 saturated heterocycles. The van der Waals surface area contributed by atoms with E-state index in [0.29, 0.717) is 16.8 Å². The Bertz CT molecular complexity index is 813. The van der Waals surface area contributed by atoms with Gasteiger partial charge >= 0.3 is 12.1 Å². The van der Waals surface area contributed by atoms with Crippen LogP contribution in [-0.4, -0.2) is 17.7 Å². The highest BCUT2D eigenvalue weighted by Crippen LogP contribution is 2.14. The molecule has 0 unspecified atom stereocenters. The number of nitrogens with one attached hydrogen (secondary N) is 1. The third-order valence-electron chi connectivity index (χ3n) is 3.22. The Morgan fingerprint density at radius 2 is 1.65 bits per heavy atom. The maximum Gasteiger partial charge on any atom is 0.412 e. The predicted octanol–water partition coefficient (Wildman–Crippen LogP) is 4.26. The van der Waals surface area contributed by atoms with Crippen molar-refractivity contribution in [1.29, 1.82) is 5.26 Å². The van der Waals surface area contributed by atoms with Crippen molar-refractivity contribution in [2.24, 2.45) is 0 Å². The van der Waals surface area contributed by atoms with Gasteiger partial charge in [0, 0.05) is 5.69 Å². The second-order valence-corrected chi connectivity index (χ2v) is 6.59. The zero-order valence-electron chi connectivity index (χ0n) is 14.9. The van der Waals surface area contributed by atoms with Crippen LogP contribution in [0, 0.1) is 11.3 Å². The largest absolute Gasteiger partial charge is 0.457 e. The molecule has 0 fully saturated rings. The minimum atomic E-state index is -0.584. The Morgan fingerprint density at radius 3 is 2.19 bits per heavy atom. The summed E-state index contributed by atoms with van der Waals surface area (Å²) in [7, 11) is 0. The molecule has 2 aromatic rings. The first-order valence-corrected chi connectivity index (χ1v) is 8.03. The molecule has 0 spiro atoms. The average Bonchev–Trinajstić information content (AvgIpc) is 2.59. The van der Waals surface area contributed by atoms with Crippen molar-refractivity contribution >= 4 is 17.7 Å². The molecule has 6 heteroatoms. The van der Waals surface area contributed by atoms with Crippen molar-refractivity contribution in [3.63, 3.8) is 0 Å². The molecule has 26 heavy (non-hydrogen) atoms. The van der Waals surface area contributed by atoms with Crippen LogP contribution < -0.4 is 5.32 Å². The number of hydrogen-bond acceptors (Lipinski definition) is 5. The first kappa shape index (κ1) is 19.0. The number of rotatable bonds is 4. The number of ether oxygens (including phenoxy) is 2. The molecule has 1 amide bonds. The van der Waals surface area contributed by atoms with E-state index in [1.165, 1.54) is 0 Å². The maximum absolute atomic E-state index is 12.1. The van der Waals surface area contributed by atoms with E-state index < -0.39 is 17.7 Å². The standard InChI is InChI=1S/C20H20N2O4/c1-20(2,3)26-19(24)22-17-10-8-16(9-11-17)18(23)25-13-15-6-4-14(12-21)5-7-15/h4-11H,13H2,1-3H3,(H,22,24). The number of nitrogens with zero attached hydrogens (tertiary/aromatic N) is 1. The smallest absolute Gasteiger partial charge is 0.412 e. The number of hydrogen-bond donors (Lipinski definition) is 1. The lowest BCUT2D eigenvalue weighted by molar-refractivity contribution is 0.0472. The molecule has 0 saturated carbocycles. The zero-order chi connectivity index (χ0) is 19.2. The summed E-state index contributed by atoms with van der Waals surface area (Å²) in [6.07, 6.45) is -0.561. The van der Waals surface area contributed by atoms with Gasteiger partial charge in [-0.05, 0) is 62.7 Å². The van der Waals surface area contributed by atoms with Gasteiger partial charge in [-0.25, -0.2) is 9.59 Å². The van der Waals surface area contributed by atoms with Gasteiger partial charge in [-0.2, -0.15) is 5.26 Å². The molecule has 0 aliphatic heterocycles. The van der Waals surface area contributed by atoms with Gasteiger partial charge in [0.2, 0.25) is 0 Å². The molecule has 0 aromatic heterocycles. The summed E-state index contributed by atoms with van der Waals surface area (Å²) in [5.74, 6) is -0.474. The topological polar surface area (TPSA) is 88.4 Å². The molecule has 0 bridgehead atoms. The second kappa shape index (κ2) is 8.17. The van der Waals surface area contributed by atoms with Crippen molar-refractivity contribution in [3.8, 4) is 6.07 Å². The monoisotopic (exact) mass is 352 g/mol. The average molecular weight is 352 g/mol. The van der Waals surface area contributed by atoms with Crippen molar-refractivity contribution < 1.29 is 19.1 Å². The van der Waals surface area contributed by atoms with Crippen LogP contribution in [-0.2, 0) is 16.1 Å². The summed E-state index contributed by atoms with van der Waals surface area (Å²) in [4.78, 5) is 23.8. The summed E-state index contributed by atoms with van der Waals surface area (Å²) in [6.45, 7) is 5.45. The van der Waals surface area contributed by atoms with E-state index in [1.54, 1.807) is 69.3 Å². The van der Waals surface area contributed by atoms with E-state index in [0.717, 1.165) is 5.56 Å². The van der Waals surface area contributed by atoms with Crippen LogP contribution in [0.15, 0.2) is 48.5 Å². The minimum Gasteiger partial charge on any atom is -0.457 e. The highest BCUT2D eigenvalue weighted by atomic mass is 16.6. The number of carbonyl (C=O) groups excluding carboxylic acids is 2. The highest BCUT2D eigenvalue weighted by molar-refractivity contribution is 5.91. The van der Waals surface area contributed by atoms with E-state index in [4.69, 9.17) is 14.7 Å². The molecular formula is C20H20N2O4. The molecule has 0 aliphatic rings. The van der Waals surface area contributed by atoms with Crippen molar-refractivity contribution in [2.75, 3.05) is 5.32 Å². The third kappa shape index (κ3) is 5.95. The first-order chi connectivity index (χ1) is 12.3. The normalized spacial score (nSPS) is 10.5. The van der Waals surface area contributed by atoms with E-state index in [2.05, 4.69) is 5.32 Å². The SMILES string of the molecule is CC(C)(C)OC(=O)Nc1ccc(C(=O)OCc2ccc(C#N)cc2)cc1. The Labute approximate surface area is 152 Å². The molecular weight excluding hydrogens is 332 g/mol. The third-order valence-corrected chi connectivity index (χ3v) is 3.22. The van der Waals surface area contributed by atoms with Crippen LogP contribution in [0.4, 0.5) is 10.5 Å². The zero-order valence-corrected chi connectivity index (χ0v) is 14.9. The molecule has 6 nitrogen and oxygen atoms in total. The molecule has 0 radical (unpaired) electrons. The van der Waals surface area contributed by atoms with Gasteiger partial charge < -0.3 is 9.47 Å². The van der Waals surface area contributed by atoms with Crippen molar-refractivity contribution in [1.82, 2.24) is 0 Å². The van der Waals surface area contributed by atoms with Crippen LogP contribution in [0.1, 0.15) is 42.3 Å². The second-order valence-electron chi connectivity index (χ2n) is 6.59. The highest BCUT2D eigenvalue weighted by Gasteiger charge is 2.16. The summed E-state index contributed by atoms with van der Waals surface area (Å²) in [5.41, 5.74) is 1.64. The first-order valence-electron chi connectivity index (χ1n) is 8.03. The Balaban J connectivity index is 1.89. The van der Waals surface area contributed by atoms with Crippen LogP contribution >= 0.6 is 0 Å². The number of benzene rings is 2. The molecule has 2 aromatic carbocycles. The quantitative estimate of drug-likeness (QED) is 0.831. The van der Waals surface area contributed by atoms with Crippen molar-refractivity contribution in [2.45, 2.75) is 33.0 Å². The summed E-state index contributed by atoms with van der Waals surface area (Å²) < 4.78 is 10.4. The summed E-state index contributed by atoms with van der Waals surface area (Å²) in [5, 5.41) is 11.4. The summed E-state index contributed by atoms with van der Waals surface area (Å²) in [6, 6.07) is 15.2. The predicted molar refractivity (Wildman–Crippen MR) is 96.6 cm³/mol. The van der Waals surface area contributed by atoms with Gasteiger partial charge in [-0.3, -0.25) is 5.32 Å². The van der Waals surface area contributed by atoms with Crippen molar-refractivity contribution in [3.05, 3.63) is 65.2 Å². The number of nitriles is 1. The number of anilines is 1. The van der Waals surface area contributed by atoms with E-state index in [-0.39, 0.29) is 6.61 Å². The Kier molecular flexibility index (Phi) is 5.97. The van der Waals surface area contributed by atoms with Crippen LogP contribution in [0.2, 0.25) is 0 Å². The van der Waals surface area contributed by atoms with E-state index in [1.807, 2.05) is 6.07 Å². The fourth-order valence-electron chi connectivity index (χ4n) is 2.02. The van der Waals surface area contributed by atoms with Gasteiger partial charge in [-0.1, -0.05) is 12.1 Å². The number of esters is 1. The fourth-order valence-corrected chi connectivity index (χ4v) is 2.02. The Morgan fingerprint density at radius 1 is 1.04 bits per heavy atom. The number of carbonyl (C=O) groups is 2. The molecule has 0 heterocycles.